The smallest absolute Gasteiger partial charge is 0.162 e. The highest BCUT2D eigenvalue weighted by Gasteiger charge is 2.06. The van der Waals surface area contributed by atoms with Crippen molar-refractivity contribution < 1.29 is 4.79 Å². The Kier molecular flexibility index (Phi) is 4.16. The molecule has 1 rings (SSSR count). The monoisotopic (exact) mass is 206 g/mol. The second-order valence-corrected chi connectivity index (χ2v) is 3.72. The molecular weight excluding hydrogens is 188 g/mol. The van der Waals surface area contributed by atoms with Crippen LogP contribution in [0, 0.1) is 0 Å². The predicted octanol–water partition coefficient (Wildman–Crippen LogP) is 2.61. The predicted molar refractivity (Wildman–Crippen MR) is 63.7 cm³/mol. The molecule has 82 valence electrons. The number of ketones is 1. The van der Waals surface area contributed by atoms with Crippen molar-refractivity contribution in [1.82, 2.24) is 0 Å². The van der Waals surface area contributed by atoms with E-state index in [0.29, 0.717) is 23.4 Å². The van der Waals surface area contributed by atoms with Crippen molar-refractivity contribution in [2.75, 3.05) is 11.5 Å². The van der Waals surface area contributed by atoms with E-state index in [2.05, 4.69) is 6.92 Å². The lowest BCUT2D eigenvalue weighted by Gasteiger charge is -2.04. The number of carbonyl (C=O) groups excluding carboxylic acids is 1. The van der Waals surface area contributed by atoms with Gasteiger partial charge in [-0.05, 0) is 24.6 Å². The van der Waals surface area contributed by atoms with Gasteiger partial charge in [0.15, 0.2) is 5.78 Å². The van der Waals surface area contributed by atoms with Gasteiger partial charge < -0.3 is 11.5 Å². The molecule has 0 radical (unpaired) electrons. The number of benzene rings is 1. The van der Waals surface area contributed by atoms with Crippen LogP contribution in [0.15, 0.2) is 18.2 Å². The number of nitrogen functional groups attached to an aromatic ring is 2. The van der Waals surface area contributed by atoms with E-state index in [1.54, 1.807) is 18.2 Å². The van der Waals surface area contributed by atoms with Gasteiger partial charge in [0.25, 0.3) is 0 Å². The third kappa shape index (κ3) is 3.27. The van der Waals surface area contributed by atoms with Gasteiger partial charge in [0.05, 0.1) is 11.4 Å². The molecule has 0 heterocycles. The fourth-order valence-corrected chi connectivity index (χ4v) is 1.43. The molecule has 0 saturated carbocycles. The van der Waals surface area contributed by atoms with Crippen LogP contribution >= 0.6 is 0 Å². The molecule has 1 aromatic carbocycles. The van der Waals surface area contributed by atoms with Crippen LogP contribution < -0.4 is 11.5 Å². The van der Waals surface area contributed by atoms with Crippen molar-refractivity contribution in [2.45, 2.75) is 32.6 Å². The Morgan fingerprint density at radius 2 is 1.93 bits per heavy atom. The molecule has 4 N–H and O–H groups in total. The normalized spacial score (nSPS) is 10.2. The minimum Gasteiger partial charge on any atom is -0.397 e. The van der Waals surface area contributed by atoms with Crippen LogP contribution in [-0.2, 0) is 0 Å². The first-order chi connectivity index (χ1) is 7.15. The minimum atomic E-state index is 0.148. The molecule has 0 bridgehead atoms. The lowest BCUT2D eigenvalue weighted by atomic mass is 10.0. The Labute approximate surface area is 90.5 Å². The zero-order chi connectivity index (χ0) is 11.3. The maximum Gasteiger partial charge on any atom is 0.162 e. The number of Topliss-reactive ketones (excluding diaryl/α,β-unsaturated/α-hetero) is 1. The summed E-state index contributed by atoms with van der Waals surface area (Å²) in [6.07, 6.45) is 3.75. The van der Waals surface area contributed by atoms with E-state index in [-0.39, 0.29) is 5.78 Å². The summed E-state index contributed by atoms with van der Waals surface area (Å²) in [5.74, 6) is 0.148. The Bertz CT molecular complexity index is 347. The molecule has 0 aliphatic carbocycles. The highest BCUT2D eigenvalue weighted by Crippen LogP contribution is 2.17. The second kappa shape index (κ2) is 5.39. The van der Waals surface area contributed by atoms with E-state index >= 15 is 0 Å². The van der Waals surface area contributed by atoms with Crippen molar-refractivity contribution >= 4 is 17.2 Å². The van der Waals surface area contributed by atoms with Gasteiger partial charge in [0.1, 0.15) is 0 Å². The Morgan fingerprint density at radius 1 is 1.20 bits per heavy atom. The fourth-order valence-electron chi connectivity index (χ4n) is 1.43. The van der Waals surface area contributed by atoms with Gasteiger partial charge in [0, 0.05) is 12.0 Å². The second-order valence-electron chi connectivity index (χ2n) is 3.72. The number of rotatable bonds is 5. The average Bonchev–Trinajstić information content (AvgIpc) is 2.22. The number of hydrogen-bond donors (Lipinski definition) is 2. The highest BCUT2D eigenvalue weighted by atomic mass is 16.1. The fraction of sp³-hybridized carbons (Fsp3) is 0.417. The van der Waals surface area contributed by atoms with E-state index < -0.39 is 0 Å². The van der Waals surface area contributed by atoms with Gasteiger partial charge in [-0.25, -0.2) is 0 Å². The van der Waals surface area contributed by atoms with Crippen molar-refractivity contribution in [3.63, 3.8) is 0 Å². The highest BCUT2D eigenvalue weighted by molar-refractivity contribution is 5.97. The maximum atomic E-state index is 11.7. The van der Waals surface area contributed by atoms with Crippen molar-refractivity contribution in [1.29, 1.82) is 0 Å². The van der Waals surface area contributed by atoms with Crippen LogP contribution in [0.2, 0.25) is 0 Å². The summed E-state index contributed by atoms with van der Waals surface area (Å²) >= 11 is 0. The summed E-state index contributed by atoms with van der Waals surface area (Å²) in [6.45, 7) is 2.12. The SMILES string of the molecule is CCCCCC(=O)c1ccc(N)c(N)c1. The quantitative estimate of drug-likeness (QED) is 0.442. The van der Waals surface area contributed by atoms with Gasteiger partial charge in [-0.15, -0.1) is 0 Å². The molecule has 0 fully saturated rings. The molecule has 0 unspecified atom stereocenters. The molecule has 0 aromatic heterocycles. The van der Waals surface area contributed by atoms with Crippen LogP contribution in [-0.4, -0.2) is 5.78 Å². The first kappa shape index (κ1) is 11.6. The van der Waals surface area contributed by atoms with Crippen LogP contribution in [0.4, 0.5) is 11.4 Å². The third-order valence-electron chi connectivity index (χ3n) is 2.42. The molecule has 3 nitrogen and oxygen atoms in total. The van der Waals surface area contributed by atoms with Crippen LogP contribution in [0.3, 0.4) is 0 Å². The van der Waals surface area contributed by atoms with E-state index in [1.165, 1.54) is 0 Å². The standard InChI is InChI=1S/C12H18N2O/c1-2-3-4-5-12(15)9-6-7-10(13)11(14)8-9/h6-8H,2-5,13-14H2,1H3. The van der Waals surface area contributed by atoms with Crippen LogP contribution in [0.25, 0.3) is 0 Å². The Hall–Kier alpha value is -1.51. The van der Waals surface area contributed by atoms with E-state index in [1.807, 2.05) is 0 Å². The Morgan fingerprint density at radius 3 is 2.53 bits per heavy atom. The molecule has 1 aromatic rings. The molecule has 15 heavy (non-hydrogen) atoms. The molecule has 0 saturated heterocycles. The summed E-state index contributed by atoms with van der Waals surface area (Å²) in [4.78, 5) is 11.7. The lowest BCUT2D eigenvalue weighted by molar-refractivity contribution is 0.0979. The number of carbonyl (C=O) groups is 1. The molecule has 0 aliphatic rings. The van der Waals surface area contributed by atoms with Crippen LogP contribution in [0.5, 0.6) is 0 Å². The first-order valence-electron chi connectivity index (χ1n) is 5.33. The molecular formula is C12H18N2O. The molecule has 0 aliphatic heterocycles. The summed E-state index contributed by atoms with van der Waals surface area (Å²) in [7, 11) is 0. The first-order valence-corrected chi connectivity index (χ1v) is 5.33. The number of nitrogens with two attached hydrogens (primary N) is 2. The van der Waals surface area contributed by atoms with E-state index in [0.717, 1.165) is 19.3 Å². The molecule has 0 amide bonds. The average molecular weight is 206 g/mol. The zero-order valence-corrected chi connectivity index (χ0v) is 9.12. The number of anilines is 2. The summed E-state index contributed by atoms with van der Waals surface area (Å²) in [5.41, 5.74) is 12.9. The lowest BCUT2D eigenvalue weighted by Crippen LogP contribution is -2.02. The van der Waals surface area contributed by atoms with Gasteiger partial charge in [-0.3, -0.25) is 4.79 Å². The van der Waals surface area contributed by atoms with Gasteiger partial charge >= 0.3 is 0 Å². The number of hydrogen-bond acceptors (Lipinski definition) is 3. The topological polar surface area (TPSA) is 69.1 Å². The maximum absolute atomic E-state index is 11.7. The van der Waals surface area contributed by atoms with Crippen LogP contribution in [0.1, 0.15) is 43.0 Å². The van der Waals surface area contributed by atoms with E-state index in [9.17, 15) is 4.79 Å². The third-order valence-corrected chi connectivity index (χ3v) is 2.42. The minimum absolute atomic E-state index is 0.148. The van der Waals surface area contributed by atoms with Gasteiger partial charge in [-0.2, -0.15) is 0 Å². The zero-order valence-electron chi connectivity index (χ0n) is 9.12. The van der Waals surface area contributed by atoms with Gasteiger partial charge in [0.2, 0.25) is 0 Å². The summed E-state index contributed by atoms with van der Waals surface area (Å²) in [5, 5.41) is 0. The van der Waals surface area contributed by atoms with Crippen molar-refractivity contribution in [2.24, 2.45) is 0 Å². The number of unbranched alkanes of at least 4 members (excludes halogenated alkanes) is 2. The summed E-state index contributed by atoms with van der Waals surface area (Å²) in [6, 6.07) is 5.08. The largest absolute Gasteiger partial charge is 0.397 e. The van der Waals surface area contributed by atoms with Crippen molar-refractivity contribution in [3.8, 4) is 0 Å². The van der Waals surface area contributed by atoms with E-state index in [4.69, 9.17) is 11.5 Å². The molecule has 3 heteroatoms. The summed E-state index contributed by atoms with van der Waals surface area (Å²) < 4.78 is 0. The van der Waals surface area contributed by atoms with Gasteiger partial charge in [-0.1, -0.05) is 19.8 Å². The molecule has 0 atom stereocenters. The Balaban J connectivity index is 2.62. The molecule has 0 spiro atoms. The van der Waals surface area contributed by atoms with Crippen molar-refractivity contribution in [3.05, 3.63) is 23.8 Å².